The molecule has 0 bridgehead atoms. The first-order valence-corrected chi connectivity index (χ1v) is 11.4. The number of sulfonamides is 1. The number of likely N-dealkylation sites (tertiary alicyclic amines) is 1. The number of amides is 1. The van der Waals surface area contributed by atoms with E-state index in [1.54, 1.807) is 24.3 Å². The summed E-state index contributed by atoms with van der Waals surface area (Å²) in [6.07, 6.45) is 3.00. The summed E-state index contributed by atoms with van der Waals surface area (Å²) in [7, 11) is -3.37. The SMILES string of the molecule is CCCS(=O)(=O)Nc1cccc(C(=O)NCC(C)(C)N2CCCC(C)C2)c1. The van der Waals surface area contributed by atoms with Crippen molar-refractivity contribution in [3.63, 3.8) is 0 Å². The van der Waals surface area contributed by atoms with Crippen LogP contribution in [-0.2, 0) is 10.0 Å². The van der Waals surface area contributed by atoms with E-state index in [1.165, 1.54) is 12.8 Å². The average molecular weight is 396 g/mol. The number of nitrogens with one attached hydrogen (secondary N) is 2. The van der Waals surface area contributed by atoms with Crippen LogP contribution >= 0.6 is 0 Å². The van der Waals surface area contributed by atoms with Crippen molar-refractivity contribution in [3.05, 3.63) is 29.8 Å². The van der Waals surface area contributed by atoms with Crippen LogP contribution in [0.15, 0.2) is 24.3 Å². The Morgan fingerprint density at radius 3 is 2.74 bits per heavy atom. The molecule has 1 aliphatic rings. The highest BCUT2D eigenvalue weighted by Gasteiger charge is 2.30. The topological polar surface area (TPSA) is 78.5 Å². The predicted molar refractivity (Wildman–Crippen MR) is 111 cm³/mol. The van der Waals surface area contributed by atoms with Crippen molar-refractivity contribution >= 4 is 21.6 Å². The van der Waals surface area contributed by atoms with Gasteiger partial charge in [-0.15, -0.1) is 0 Å². The molecule has 1 aromatic carbocycles. The lowest BCUT2D eigenvalue weighted by Crippen LogP contribution is -2.54. The van der Waals surface area contributed by atoms with Gasteiger partial charge in [0.1, 0.15) is 0 Å². The third kappa shape index (κ3) is 6.50. The van der Waals surface area contributed by atoms with Crippen molar-refractivity contribution in [3.8, 4) is 0 Å². The van der Waals surface area contributed by atoms with Crippen LogP contribution in [0.5, 0.6) is 0 Å². The standard InChI is InChI=1S/C20H33N3O3S/c1-5-12-27(25,26)22-18-10-6-9-17(13-18)19(24)21-15-20(3,4)23-11-7-8-16(2)14-23/h6,9-10,13,16,22H,5,7-8,11-12,14-15H2,1-4H3,(H,21,24). The number of benzene rings is 1. The molecule has 1 amide bonds. The minimum Gasteiger partial charge on any atom is -0.350 e. The minimum absolute atomic E-state index is 0.0614. The van der Waals surface area contributed by atoms with Crippen molar-refractivity contribution in [2.45, 2.75) is 52.5 Å². The van der Waals surface area contributed by atoms with E-state index in [0.29, 0.717) is 30.1 Å². The maximum Gasteiger partial charge on any atom is 0.251 e. The molecule has 0 spiro atoms. The number of rotatable bonds is 8. The van der Waals surface area contributed by atoms with Gasteiger partial charge in [-0.25, -0.2) is 8.42 Å². The first-order chi connectivity index (χ1) is 12.6. The summed E-state index contributed by atoms with van der Waals surface area (Å²) in [4.78, 5) is 15.0. The second-order valence-electron chi connectivity index (χ2n) is 8.19. The molecular weight excluding hydrogens is 362 g/mol. The Labute approximate surface area is 163 Å². The Bertz CT molecular complexity index is 747. The van der Waals surface area contributed by atoms with Crippen LogP contribution in [0.2, 0.25) is 0 Å². The molecule has 1 heterocycles. The van der Waals surface area contributed by atoms with Gasteiger partial charge < -0.3 is 5.32 Å². The predicted octanol–water partition coefficient (Wildman–Crippen LogP) is 3.08. The molecule has 27 heavy (non-hydrogen) atoms. The number of nitrogens with zero attached hydrogens (tertiary/aromatic N) is 1. The van der Waals surface area contributed by atoms with Crippen molar-refractivity contribution < 1.29 is 13.2 Å². The third-order valence-electron chi connectivity index (χ3n) is 5.07. The molecule has 152 valence electrons. The molecule has 1 unspecified atom stereocenters. The van der Waals surface area contributed by atoms with E-state index >= 15 is 0 Å². The molecule has 1 saturated heterocycles. The average Bonchev–Trinajstić information content (AvgIpc) is 2.59. The molecular formula is C20H33N3O3S. The van der Waals surface area contributed by atoms with Crippen LogP contribution in [0.3, 0.4) is 0 Å². The highest BCUT2D eigenvalue weighted by atomic mass is 32.2. The van der Waals surface area contributed by atoms with Crippen LogP contribution in [0.25, 0.3) is 0 Å². The minimum atomic E-state index is -3.37. The van der Waals surface area contributed by atoms with Gasteiger partial charge in [0.2, 0.25) is 10.0 Å². The van der Waals surface area contributed by atoms with E-state index in [2.05, 4.69) is 35.7 Å². The zero-order valence-corrected chi connectivity index (χ0v) is 17.7. The van der Waals surface area contributed by atoms with E-state index in [9.17, 15) is 13.2 Å². The van der Waals surface area contributed by atoms with Gasteiger partial charge in [0.15, 0.2) is 0 Å². The Hall–Kier alpha value is -1.60. The van der Waals surface area contributed by atoms with Crippen molar-refractivity contribution in [1.29, 1.82) is 0 Å². The molecule has 6 nitrogen and oxygen atoms in total. The molecule has 0 radical (unpaired) electrons. The first kappa shape index (κ1) is 21.7. The van der Waals surface area contributed by atoms with Crippen molar-refractivity contribution in [2.75, 3.05) is 30.1 Å². The summed E-state index contributed by atoms with van der Waals surface area (Å²) in [5.74, 6) is 0.553. The largest absolute Gasteiger partial charge is 0.350 e. The molecule has 1 atom stereocenters. The number of hydrogen-bond donors (Lipinski definition) is 2. The second kappa shape index (κ2) is 9.06. The highest BCUT2D eigenvalue weighted by molar-refractivity contribution is 7.92. The van der Waals surface area contributed by atoms with Gasteiger partial charge in [0, 0.05) is 29.9 Å². The van der Waals surface area contributed by atoms with E-state index in [1.807, 2.05) is 6.92 Å². The van der Waals surface area contributed by atoms with Gasteiger partial charge >= 0.3 is 0 Å². The quantitative estimate of drug-likeness (QED) is 0.709. The molecule has 0 aliphatic carbocycles. The highest BCUT2D eigenvalue weighted by Crippen LogP contribution is 2.23. The molecule has 2 N–H and O–H groups in total. The van der Waals surface area contributed by atoms with Crippen molar-refractivity contribution in [2.24, 2.45) is 5.92 Å². The summed E-state index contributed by atoms with van der Waals surface area (Å²) < 4.78 is 26.4. The Kier molecular flexibility index (Phi) is 7.28. The van der Waals surface area contributed by atoms with E-state index in [-0.39, 0.29) is 17.2 Å². The number of piperidine rings is 1. The van der Waals surface area contributed by atoms with Crippen LogP contribution < -0.4 is 10.0 Å². The van der Waals surface area contributed by atoms with Gasteiger partial charge in [-0.3, -0.25) is 14.4 Å². The monoisotopic (exact) mass is 395 g/mol. The number of carbonyl (C=O) groups is 1. The Morgan fingerprint density at radius 1 is 1.33 bits per heavy atom. The number of anilines is 1. The molecule has 1 aliphatic heterocycles. The molecule has 7 heteroatoms. The van der Waals surface area contributed by atoms with E-state index in [4.69, 9.17) is 0 Å². The van der Waals surface area contributed by atoms with Crippen LogP contribution in [0.4, 0.5) is 5.69 Å². The third-order valence-corrected chi connectivity index (χ3v) is 6.56. The van der Waals surface area contributed by atoms with Crippen LogP contribution in [0.1, 0.15) is 57.3 Å². The molecule has 1 fully saturated rings. The normalized spacial score (nSPS) is 18.9. The van der Waals surface area contributed by atoms with Gasteiger partial charge in [-0.05, 0) is 63.8 Å². The summed E-state index contributed by atoms with van der Waals surface area (Å²) in [5, 5.41) is 3.01. The van der Waals surface area contributed by atoms with Crippen LogP contribution in [0, 0.1) is 5.92 Å². The van der Waals surface area contributed by atoms with E-state index in [0.717, 1.165) is 13.1 Å². The zero-order chi connectivity index (χ0) is 20.1. The zero-order valence-electron chi connectivity index (χ0n) is 16.9. The fourth-order valence-electron chi connectivity index (χ4n) is 3.47. The van der Waals surface area contributed by atoms with Crippen LogP contribution in [-0.4, -0.2) is 50.2 Å². The first-order valence-electron chi connectivity index (χ1n) is 9.77. The lowest BCUT2D eigenvalue weighted by molar-refractivity contribution is 0.0657. The van der Waals surface area contributed by atoms with Gasteiger partial charge in [0.25, 0.3) is 5.91 Å². The second-order valence-corrected chi connectivity index (χ2v) is 10.0. The van der Waals surface area contributed by atoms with Crippen molar-refractivity contribution in [1.82, 2.24) is 10.2 Å². The molecule has 1 aromatic rings. The summed E-state index contributed by atoms with van der Waals surface area (Å²) in [5.41, 5.74) is 0.750. The Balaban J connectivity index is 1.98. The summed E-state index contributed by atoms with van der Waals surface area (Å²) >= 11 is 0. The summed E-state index contributed by atoms with van der Waals surface area (Å²) in [6, 6.07) is 6.63. The number of hydrogen-bond acceptors (Lipinski definition) is 4. The molecule has 0 saturated carbocycles. The molecule has 2 rings (SSSR count). The fraction of sp³-hybridized carbons (Fsp3) is 0.650. The molecule has 0 aromatic heterocycles. The van der Waals surface area contributed by atoms with Gasteiger partial charge in [0.05, 0.1) is 5.75 Å². The van der Waals surface area contributed by atoms with E-state index < -0.39 is 10.0 Å². The smallest absolute Gasteiger partial charge is 0.251 e. The fourth-order valence-corrected chi connectivity index (χ4v) is 4.60. The maximum absolute atomic E-state index is 12.6. The Morgan fingerprint density at radius 2 is 2.07 bits per heavy atom. The summed E-state index contributed by atoms with van der Waals surface area (Å²) in [6.45, 7) is 11.0. The van der Waals surface area contributed by atoms with Gasteiger partial charge in [-0.1, -0.05) is 19.9 Å². The lowest BCUT2D eigenvalue weighted by Gasteiger charge is -2.43. The van der Waals surface area contributed by atoms with Gasteiger partial charge in [-0.2, -0.15) is 0 Å². The lowest BCUT2D eigenvalue weighted by atomic mass is 9.93. The maximum atomic E-state index is 12.6. The number of carbonyl (C=O) groups excluding carboxylic acids is 1.